The third-order valence-corrected chi connectivity index (χ3v) is 6.73. The Morgan fingerprint density at radius 1 is 1.28 bits per heavy atom. The maximum Gasteiger partial charge on any atom is 0.229 e. The van der Waals surface area contributed by atoms with Gasteiger partial charge in [0, 0.05) is 29.6 Å². The fourth-order valence-electron chi connectivity index (χ4n) is 3.61. The van der Waals surface area contributed by atoms with Crippen LogP contribution in [0.15, 0.2) is 29.2 Å². The van der Waals surface area contributed by atoms with E-state index in [9.17, 15) is 0 Å². The summed E-state index contributed by atoms with van der Waals surface area (Å²) in [5.74, 6) is 2.90. The highest BCUT2D eigenvalue weighted by molar-refractivity contribution is 7.17. The first-order valence-corrected chi connectivity index (χ1v) is 11.3. The molecular formula is C19H18N6O2S2. The number of rotatable bonds is 6. The predicted octanol–water partition coefficient (Wildman–Crippen LogP) is 4.40. The van der Waals surface area contributed by atoms with Crippen molar-refractivity contribution in [3.8, 4) is 5.88 Å². The van der Waals surface area contributed by atoms with Crippen LogP contribution in [0.5, 0.6) is 5.88 Å². The molecule has 1 aliphatic carbocycles. The van der Waals surface area contributed by atoms with Gasteiger partial charge in [0.25, 0.3) is 0 Å². The molecule has 29 heavy (non-hydrogen) atoms. The number of aromatic nitrogens is 5. The van der Waals surface area contributed by atoms with Gasteiger partial charge in [-0.1, -0.05) is 0 Å². The van der Waals surface area contributed by atoms with E-state index in [4.69, 9.17) is 9.47 Å². The quantitative estimate of drug-likeness (QED) is 0.471. The molecule has 2 fully saturated rings. The summed E-state index contributed by atoms with van der Waals surface area (Å²) in [5, 5.41) is 12.8. The van der Waals surface area contributed by atoms with Crippen molar-refractivity contribution in [2.24, 2.45) is 0 Å². The fraction of sp³-hybridized carbons (Fsp3) is 0.368. The van der Waals surface area contributed by atoms with Crippen molar-refractivity contribution < 1.29 is 9.47 Å². The minimum atomic E-state index is -0.0711. The smallest absolute Gasteiger partial charge is 0.229 e. The minimum absolute atomic E-state index is 0.00640. The molecule has 5 heterocycles. The number of thiazole rings is 1. The molecule has 2 atom stereocenters. The van der Waals surface area contributed by atoms with Crippen LogP contribution in [0.3, 0.4) is 0 Å². The van der Waals surface area contributed by atoms with Crippen molar-refractivity contribution >= 4 is 44.7 Å². The third-order valence-electron chi connectivity index (χ3n) is 5.26. The molecule has 0 spiro atoms. The summed E-state index contributed by atoms with van der Waals surface area (Å²) in [6, 6.07) is 3.86. The molecule has 8 nitrogen and oxygen atoms in total. The summed E-state index contributed by atoms with van der Waals surface area (Å²) in [7, 11) is 0. The second-order valence-electron chi connectivity index (χ2n) is 7.34. The monoisotopic (exact) mass is 426 g/mol. The molecular weight excluding hydrogens is 408 g/mol. The standard InChI is InChI=1S/C19H18N6O2S2/c1-2-10(1)12-8-29-25-19(12)27-11-5-15(26-7-11)14-6-16(24-23-14)22-18-17-13(3-4-20-18)21-9-28-17/h3-4,6,8-11,15H,1-2,5,7H2,(H2,20,22,23,24)/t11-,15-/m1/s1. The van der Waals surface area contributed by atoms with Crippen LogP contribution in [0, 0.1) is 0 Å². The molecule has 0 aromatic carbocycles. The molecule has 10 heteroatoms. The first kappa shape index (κ1) is 17.3. The van der Waals surface area contributed by atoms with Crippen molar-refractivity contribution in [2.75, 3.05) is 11.9 Å². The van der Waals surface area contributed by atoms with Gasteiger partial charge in [0.15, 0.2) is 11.6 Å². The van der Waals surface area contributed by atoms with E-state index < -0.39 is 0 Å². The Bertz CT molecular complexity index is 1150. The molecule has 0 amide bonds. The van der Waals surface area contributed by atoms with Gasteiger partial charge in [0.05, 0.1) is 28.0 Å². The maximum absolute atomic E-state index is 6.15. The van der Waals surface area contributed by atoms with E-state index in [-0.39, 0.29) is 12.2 Å². The second kappa shape index (κ2) is 7.05. The van der Waals surface area contributed by atoms with E-state index in [0.717, 1.165) is 34.0 Å². The van der Waals surface area contributed by atoms with Crippen molar-refractivity contribution in [3.05, 3.63) is 40.5 Å². The summed E-state index contributed by atoms with van der Waals surface area (Å²) < 4.78 is 17.6. The summed E-state index contributed by atoms with van der Waals surface area (Å²) in [4.78, 5) is 8.73. The van der Waals surface area contributed by atoms with Gasteiger partial charge in [-0.2, -0.15) is 9.47 Å². The number of aromatic amines is 1. The van der Waals surface area contributed by atoms with Gasteiger partial charge in [0.2, 0.25) is 5.88 Å². The molecule has 2 N–H and O–H groups in total. The Hall–Kier alpha value is -2.56. The van der Waals surface area contributed by atoms with Crippen LogP contribution >= 0.6 is 22.9 Å². The molecule has 1 aliphatic heterocycles. The number of fused-ring (bicyclic) bond motifs is 1. The minimum Gasteiger partial charge on any atom is -0.471 e. The number of hydrogen-bond donors (Lipinski definition) is 2. The van der Waals surface area contributed by atoms with E-state index in [1.165, 1.54) is 29.9 Å². The molecule has 0 radical (unpaired) electrons. The van der Waals surface area contributed by atoms with Crippen LogP contribution in [-0.4, -0.2) is 37.2 Å². The van der Waals surface area contributed by atoms with Crippen LogP contribution in [0.4, 0.5) is 11.6 Å². The number of nitrogens with zero attached hydrogens (tertiary/aromatic N) is 4. The first-order valence-electron chi connectivity index (χ1n) is 9.56. The average molecular weight is 427 g/mol. The first-order chi connectivity index (χ1) is 14.3. The average Bonchev–Trinajstić information content (AvgIpc) is 3.20. The molecule has 4 aromatic rings. The Morgan fingerprint density at radius 2 is 2.24 bits per heavy atom. The van der Waals surface area contributed by atoms with Gasteiger partial charge in [0.1, 0.15) is 12.2 Å². The van der Waals surface area contributed by atoms with Crippen LogP contribution in [0.25, 0.3) is 10.2 Å². The van der Waals surface area contributed by atoms with E-state index >= 15 is 0 Å². The zero-order valence-electron chi connectivity index (χ0n) is 15.4. The number of hydrogen-bond acceptors (Lipinski definition) is 9. The van der Waals surface area contributed by atoms with Crippen LogP contribution < -0.4 is 10.1 Å². The topological polar surface area (TPSA) is 97.8 Å². The third kappa shape index (κ3) is 3.37. The number of anilines is 2. The van der Waals surface area contributed by atoms with Gasteiger partial charge in [-0.05, 0) is 36.4 Å². The largest absolute Gasteiger partial charge is 0.471 e. The summed E-state index contributed by atoms with van der Waals surface area (Å²) in [6.45, 7) is 0.551. The zero-order valence-corrected chi connectivity index (χ0v) is 17.0. The van der Waals surface area contributed by atoms with Crippen molar-refractivity contribution in [3.63, 3.8) is 0 Å². The summed E-state index contributed by atoms with van der Waals surface area (Å²) in [5.41, 5.74) is 4.93. The molecule has 148 valence electrons. The van der Waals surface area contributed by atoms with E-state index in [1.807, 2.05) is 17.6 Å². The maximum atomic E-state index is 6.15. The number of ether oxygens (including phenoxy) is 2. The number of nitrogens with one attached hydrogen (secondary N) is 2. The van der Waals surface area contributed by atoms with Crippen molar-refractivity contribution in [1.29, 1.82) is 0 Å². The van der Waals surface area contributed by atoms with E-state index in [2.05, 4.69) is 35.2 Å². The highest BCUT2D eigenvalue weighted by Gasteiger charge is 2.33. The lowest BCUT2D eigenvalue weighted by molar-refractivity contribution is 0.0910. The number of pyridine rings is 1. The molecule has 1 saturated carbocycles. The van der Waals surface area contributed by atoms with Gasteiger partial charge < -0.3 is 14.8 Å². The Labute approximate surface area is 174 Å². The highest BCUT2D eigenvalue weighted by Crippen LogP contribution is 2.45. The normalized spacial score (nSPS) is 21.7. The van der Waals surface area contributed by atoms with Gasteiger partial charge >= 0.3 is 0 Å². The Morgan fingerprint density at radius 3 is 3.17 bits per heavy atom. The highest BCUT2D eigenvalue weighted by atomic mass is 32.1. The molecule has 6 rings (SSSR count). The Kier molecular flexibility index (Phi) is 4.21. The lowest BCUT2D eigenvalue weighted by Crippen LogP contribution is -2.16. The molecule has 4 aromatic heterocycles. The van der Waals surface area contributed by atoms with Crippen LogP contribution in [-0.2, 0) is 4.74 Å². The van der Waals surface area contributed by atoms with Crippen molar-refractivity contribution in [1.82, 2.24) is 24.5 Å². The SMILES string of the molecule is c1cc2ncsc2c(Nc2cc([C@H]3C[C@@H](Oc4nscc4C4CC4)CO3)[nH]n2)n1. The van der Waals surface area contributed by atoms with Crippen molar-refractivity contribution in [2.45, 2.75) is 37.4 Å². The van der Waals surface area contributed by atoms with E-state index in [1.54, 1.807) is 17.5 Å². The van der Waals surface area contributed by atoms with Crippen LogP contribution in [0.1, 0.15) is 42.5 Å². The summed E-state index contributed by atoms with van der Waals surface area (Å²) in [6.07, 6.45) is 4.93. The molecule has 0 bridgehead atoms. The molecule has 0 unspecified atom stereocenters. The predicted molar refractivity (Wildman–Crippen MR) is 111 cm³/mol. The van der Waals surface area contributed by atoms with E-state index in [0.29, 0.717) is 18.3 Å². The second-order valence-corrected chi connectivity index (χ2v) is 8.82. The lowest BCUT2D eigenvalue weighted by Gasteiger charge is -2.11. The number of H-pyrrole nitrogens is 1. The zero-order chi connectivity index (χ0) is 19.2. The van der Waals surface area contributed by atoms with Gasteiger partial charge in [-0.15, -0.1) is 11.3 Å². The van der Waals surface area contributed by atoms with Gasteiger partial charge in [-0.3, -0.25) is 5.10 Å². The molecule has 2 aliphatic rings. The molecule has 1 saturated heterocycles. The Balaban J connectivity index is 1.13. The summed E-state index contributed by atoms with van der Waals surface area (Å²) >= 11 is 3.03. The van der Waals surface area contributed by atoms with Crippen LogP contribution in [0.2, 0.25) is 0 Å². The fourth-order valence-corrected chi connectivity index (χ4v) is 5.04. The van der Waals surface area contributed by atoms with Gasteiger partial charge in [-0.25, -0.2) is 9.97 Å². The lowest BCUT2D eigenvalue weighted by atomic mass is 10.1.